The normalized spacial score (nSPS) is 19.4. The summed E-state index contributed by atoms with van der Waals surface area (Å²) >= 11 is 0. The topological polar surface area (TPSA) is 72.0 Å². The van der Waals surface area contributed by atoms with E-state index in [-0.39, 0.29) is 5.91 Å². The van der Waals surface area contributed by atoms with Crippen molar-refractivity contribution in [2.45, 2.75) is 64.6 Å². The van der Waals surface area contributed by atoms with Crippen molar-refractivity contribution in [2.75, 3.05) is 46.3 Å². The Balaban J connectivity index is 1.55. The van der Waals surface area contributed by atoms with Crippen molar-refractivity contribution in [3.63, 3.8) is 0 Å². The summed E-state index contributed by atoms with van der Waals surface area (Å²) < 4.78 is 0. The molecule has 0 atom stereocenters. The number of nitrogens with zero attached hydrogens (tertiary/aromatic N) is 3. The monoisotopic (exact) mass is 442 g/mol. The fraction of sp³-hybridized carbons (Fsp3) is 0.680. The van der Waals surface area contributed by atoms with E-state index in [1.165, 1.54) is 49.9 Å². The van der Waals surface area contributed by atoms with E-state index in [0.29, 0.717) is 19.1 Å². The molecule has 2 saturated heterocycles. The maximum Gasteiger partial charge on any atom is 0.233 e. The lowest BCUT2D eigenvalue weighted by atomic mass is 10.1. The summed E-state index contributed by atoms with van der Waals surface area (Å²) in [6.45, 7) is 9.44. The van der Waals surface area contributed by atoms with Gasteiger partial charge in [-0.15, -0.1) is 0 Å². The molecule has 1 aromatic rings. The number of likely N-dealkylation sites (N-methyl/N-ethyl adjacent to an activating group) is 1. The molecule has 2 aliphatic rings. The van der Waals surface area contributed by atoms with Gasteiger partial charge in [0.1, 0.15) is 0 Å². The summed E-state index contributed by atoms with van der Waals surface area (Å²) in [6.07, 6.45) is 7.41. The van der Waals surface area contributed by atoms with Gasteiger partial charge in [-0.1, -0.05) is 37.1 Å². The van der Waals surface area contributed by atoms with Crippen LogP contribution in [-0.2, 0) is 17.9 Å². The smallest absolute Gasteiger partial charge is 0.233 e. The highest BCUT2D eigenvalue weighted by Gasteiger charge is 2.21. The molecule has 0 unspecified atom stereocenters. The first-order valence-corrected chi connectivity index (χ1v) is 12.4. The number of aliphatic imine (C=N–C) groups is 1. The summed E-state index contributed by atoms with van der Waals surface area (Å²) in [4.78, 5) is 21.4. The van der Waals surface area contributed by atoms with Crippen LogP contribution in [0.3, 0.4) is 0 Å². The van der Waals surface area contributed by atoms with Gasteiger partial charge in [-0.2, -0.15) is 0 Å². The fourth-order valence-corrected chi connectivity index (χ4v) is 4.60. The van der Waals surface area contributed by atoms with E-state index < -0.39 is 0 Å². The summed E-state index contributed by atoms with van der Waals surface area (Å²) in [5.74, 6) is 0.979. The quantitative estimate of drug-likeness (QED) is 0.426. The number of hydrogen-bond acceptors (Lipinski definition) is 4. The molecule has 1 aromatic carbocycles. The zero-order chi connectivity index (χ0) is 22.6. The van der Waals surface area contributed by atoms with Crippen molar-refractivity contribution in [3.8, 4) is 0 Å². The number of nitrogens with one attached hydrogen (secondary N) is 3. The van der Waals surface area contributed by atoms with E-state index in [1.807, 2.05) is 0 Å². The zero-order valence-electron chi connectivity index (χ0n) is 20.0. The predicted octanol–water partition coefficient (Wildman–Crippen LogP) is 2.33. The molecular weight excluding hydrogens is 400 g/mol. The predicted molar refractivity (Wildman–Crippen MR) is 132 cm³/mol. The number of hydrogen-bond donors (Lipinski definition) is 3. The minimum absolute atomic E-state index is 0.0881. The fourth-order valence-electron chi connectivity index (χ4n) is 4.60. The summed E-state index contributed by atoms with van der Waals surface area (Å²) in [7, 11) is 1.70. The van der Waals surface area contributed by atoms with E-state index in [4.69, 9.17) is 4.99 Å². The highest BCUT2D eigenvalue weighted by Crippen LogP contribution is 2.17. The molecule has 0 saturated carbocycles. The molecule has 0 radical (unpaired) electrons. The van der Waals surface area contributed by atoms with Crippen LogP contribution in [0.5, 0.6) is 0 Å². The lowest BCUT2D eigenvalue weighted by Crippen LogP contribution is -2.50. The second-order valence-corrected chi connectivity index (χ2v) is 9.02. The molecule has 7 heteroatoms. The zero-order valence-corrected chi connectivity index (χ0v) is 20.0. The summed E-state index contributed by atoms with van der Waals surface area (Å²) in [5, 5.41) is 9.75. The van der Waals surface area contributed by atoms with Crippen LogP contribution in [0.1, 0.15) is 56.6 Å². The number of likely N-dealkylation sites (tertiary alicyclic amines) is 2. The third kappa shape index (κ3) is 8.10. The van der Waals surface area contributed by atoms with Crippen molar-refractivity contribution in [3.05, 3.63) is 35.4 Å². The van der Waals surface area contributed by atoms with Crippen LogP contribution in [0.2, 0.25) is 0 Å². The maximum atomic E-state index is 11.6. The molecule has 178 valence electrons. The minimum atomic E-state index is 0.0881. The van der Waals surface area contributed by atoms with Crippen LogP contribution in [0.15, 0.2) is 29.3 Å². The number of rotatable bonds is 8. The number of carbonyl (C=O) groups is 1. The molecule has 32 heavy (non-hydrogen) atoms. The number of carbonyl (C=O) groups excluding carboxylic acids is 1. The molecule has 0 spiro atoms. The summed E-state index contributed by atoms with van der Waals surface area (Å²) in [5.41, 5.74) is 2.71. The van der Waals surface area contributed by atoms with Gasteiger partial charge in [0, 0.05) is 39.3 Å². The Morgan fingerprint density at radius 3 is 2.34 bits per heavy atom. The Kier molecular flexibility index (Phi) is 10.3. The van der Waals surface area contributed by atoms with Gasteiger partial charge in [0.2, 0.25) is 5.91 Å². The molecule has 0 aromatic heterocycles. The third-order valence-electron chi connectivity index (χ3n) is 6.54. The number of benzene rings is 1. The van der Waals surface area contributed by atoms with Crippen molar-refractivity contribution in [1.82, 2.24) is 25.8 Å². The van der Waals surface area contributed by atoms with Gasteiger partial charge in [-0.3, -0.25) is 14.6 Å². The molecule has 2 heterocycles. The van der Waals surface area contributed by atoms with Crippen LogP contribution in [0, 0.1) is 0 Å². The van der Waals surface area contributed by atoms with E-state index in [1.54, 1.807) is 7.05 Å². The van der Waals surface area contributed by atoms with Crippen molar-refractivity contribution in [2.24, 2.45) is 4.99 Å². The Morgan fingerprint density at radius 1 is 1.00 bits per heavy atom. The van der Waals surface area contributed by atoms with Gasteiger partial charge >= 0.3 is 0 Å². The van der Waals surface area contributed by atoms with Crippen LogP contribution in [0.4, 0.5) is 0 Å². The molecular formula is C25H42N6O. The molecule has 1 amide bonds. The highest BCUT2D eigenvalue weighted by atomic mass is 16.1. The summed E-state index contributed by atoms with van der Waals surface area (Å²) in [6, 6.07) is 9.15. The molecule has 2 fully saturated rings. The molecule has 0 bridgehead atoms. The standard InChI is InChI=1S/C25H42N6O/c1-3-27-25(29-23-12-16-31(17-13-23)20-24(32)26-2)28-18-21-10-6-7-11-22(21)19-30-14-8-4-5-9-15-30/h6-7,10-11,23H,3-5,8-9,12-20H2,1-2H3,(H,26,32)(H2,27,28,29). The SMILES string of the molecule is CCNC(=NCc1ccccc1CN1CCCCCC1)NC1CCN(CC(=O)NC)CC1. The Bertz CT molecular complexity index is 721. The number of guanidine groups is 1. The molecule has 2 aliphatic heterocycles. The van der Waals surface area contributed by atoms with Gasteiger partial charge in [0.05, 0.1) is 13.1 Å². The van der Waals surface area contributed by atoms with Gasteiger partial charge in [0.15, 0.2) is 5.96 Å². The van der Waals surface area contributed by atoms with Crippen LogP contribution in [-0.4, -0.2) is 74.0 Å². The molecule has 7 nitrogen and oxygen atoms in total. The number of amides is 1. The highest BCUT2D eigenvalue weighted by molar-refractivity contribution is 5.80. The first kappa shape index (κ1) is 24.5. The van der Waals surface area contributed by atoms with Crippen molar-refractivity contribution >= 4 is 11.9 Å². The van der Waals surface area contributed by atoms with E-state index in [2.05, 4.69) is 56.9 Å². The largest absolute Gasteiger partial charge is 0.358 e. The molecule has 3 rings (SSSR count). The first-order chi connectivity index (χ1) is 15.7. The second-order valence-electron chi connectivity index (χ2n) is 9.02. The lowest BCUT2D eigenvalue weighted by Gasteiger charge is -2.32. The van der Waals surface area contributed by atoms with E-state index in [0.717, 1.165) is 45.0 Å². The van der Waals surface area contributed by atoms with Gasteiger partial charge in [-0.25, -0.2) is 4.99 Å². The third-order valence-corrected chi connectivity index (χ3v) is 6.54. The van der Waals surface area contributed by atoms with Gasteiger partial charge < -0.3 is 16.0 Å². The lowest BCUT2D eigenvalue weighted by molar-refractivity contribution is -0.122. The molecule has 0 aliphatic carbocycles. The van der Waals surface area contributed by atoms with Crippen molar-refractivity contribution < 1.29 is 4.79 Å². The van der Waals surface area contributed by atoms with E-state index in [9.17, 15) is 4.79 Å². The van der Waals surface area contributed by atoms with Crippen LogP contribution in [0.25, 0.3) is 0 Å². The van der Waals surface area contributed by atoms with E-state index >= 15 is 0 Å². The Morgan fingerprint density at radius 2 is 1.69 bits per heavy atom. The Hall–Kier alpha value is -2.12. The second kappa shape index (κ2) is 13.4. The van der Waals surface area contributed by atoms with Crippen LogP contribution < -0.4 is 16.0 Å². The molecule has 3 N–H and O–H groups in total. The van der Waals surface area contributed by atoms with Crippen molar-refractivity contribution in [1.29, 1.82) is 0 Å². The first-order valence-electron chi connectivity index (χ1n) is 12.4. The average molecular weight is 443 g/mol. The maximum absolute atomic E-state index is 11.6. The average Bonchev–Trinajstić information content (AvgIpc) is 3.08. The minimum Gasteiger partial charge on any atom is -0.358 e. The number of piperidine rings is 1. The van der Waals surface area contributed by atoms with Gasteiger partial charge in [-0.05, 0) is 56.8 Å². The van der Waals surface area contributed by atoms with Crippen LogP contribution >= 0.6 is 0 Å². The Labute approximate surface area is 194 Å². The van der Waals surface area contributed by atoms with Gasteiger partial charge in [0.25, 0.3) is 0 Å².